The number of hydrogen-bond acceptors (Lipinski definition) is 4. The Morgan fingerprint density at radius 1 is 1.33 bits per heavy atom. The van der Waals surface area contributed by atoms with Crippen molar-refractivity contribution in [3.8, 4) is 0 Å². The average Bonchev–Trinajstić information content (AvgIpc) is 2.87. The van der Waals surface area contributed by atoms with Crippen molar-refractivity contribution in [2.24, 2.45) is 0 Å². The van der Waals surface area contributed by atoms with E-state index in [1.807, 2.05) is 18.5 Å². The Morgan fingerprint density at radius 3 is 2.57 bits per heavy atom. The van der Waals surface area contributed by atoms with E-state index in [0.29, 0.717) is 19.5 Å². The van der Waals surface area contributed by atoms with E-state index in [1.165, 1.54) is 0 Å². The third-order valence-corrected chi connectivity index (χ3v) is 3.71. The van der Waals surface area contributed by atoms with Crippen LogP contribution in [0.3, 0.4) is 0 Å². The minimum Gasteiger partial charge on any atom is -0.480 e. The molecule has 0 bridgehead atoms. The van der Waals surface area contributed by atoms with Crippen LogP contribution in [0.15, 0.2) is 0 Å². The van der Waals surface area contributed by atoms with E-state index in [1.54, 1.807) is 6.92 Å². The van der Waals surface area contributed by atoms with Crippen LogP contribution in [0.4, 0.5) is 0 Å². The topological polar surface area (TPSA) is 80.0 Å². The largest absolute Gasteiger partial charge is 0.480 e. The van der Waals surface area contributed by atoms with Gasteiger partial charge in [-0.05, 0) is 32.7 Å². The van der Waals surface area contributed by atoms with Gasteiger partial charge in [-0.15, -0.1) is 0 Å². The highest BCUT2D eigenvalue weighted by Crippen LogP contribution is 2.14. The van der Waals surface area contributed by atoms with Crippen molar-refractivity contribution < 1.29 is 9.90 Å². The standard InChI is InChI=1S/C15H28N4O2/c1-5-10-16-15(4,14(20)21)9-8-11-19-13(7-3)17-12(6-2)18-19/h16H,5-11H2,1-4H3,(H,20,21). The quantitative estimate of drug-likeness (QED) is 0.690. The molecule has 0 fully saturated rings. The second-order valence-electron chi connectivity index (χ2n) is 5.54. The highest BCUT2D eigenvalue weighted by Gasteiger charge is 2.31. The molecule has 0 saturated carbocycles. The summed E-state index contributed by atoms with van der Waals surface area (Å²) in [7, 11) is 0. The summed E-state index contributed by atoms with van der Waals surface area (Å²) >= 11 is 0. The van der Waals surface area contributed by atoms with Crippen molar-refractivity contribution in [1.82, 2.24) is 20.1 Å². The Balaban J connectivity index is 2.61. The number of hydrogen-bond donors (Lipinski definition) is 2. The van der Waals surface area contributed by atoms with Crippen LogP contribution in [0.1, 0.15) is 58.6 Å². The molecule has 1 aromatic rings. The lowest BCUT2D eigenvalue weighted by Gasteiger charge is -2.26. The predicted octanol–water partition coefficient (Wildman–Crippen LogP) is 2.03. The number of carboxylic acid groups (broad SMARTS) is 1. The number of aromatic nitrogens is 3. The van der Waals surface area contributed by atoms with Gasteiger partial charge in [0.05, 0.1) is 0 Å². The fraction of sp³-hybridized carbons (Fsp3) is 0.800. The molecule has 1 aromatic heterocycles. The Kier molecular flexibility index (Phi) is 6.81. The molecule has 0 aliphatic carbocycles. The molecule has 0 aliphatic heterocycles. The molecular weight excluding hydrogens is 268 g/mol. The zero-order valence-electron chi connectivity index (χ0n) is 13.6. The summed E-state index contributed by atoms with van der Waals surface area (Å²) in [4.78, 5) is 15.9. The second kappa shape index (κ2) is 8.12. The Labute approximate surface area is 127 Å². The lowest BCUT2D eigenvalue weighted by molar-refractivity contribution is -0.144. The molecule has 1 atom stereocenters. The summed E-state index contributed by atoms with van der Waals surface area (Å²) < 4.78 is 1.92. The lowest BCUT2D eigenvalue weighted by atomic mass is 9.95. The monoisotopic (exact) mass is 296 g/mol. The second-order valence-corrected chi connectivity index (χ2v) is 5.54. The first kappa shape index (κ1) is 17.6. The van der Waals surface area contributed by atoms with Crippen LogP contribution in [0.5, 0.6) is 0 Å². The van der Waals surface area contributed by atoms with Gasteiger partial charge in [0.2, 0.25) is 0 Å². The number of carboxylic acids is 1. The molecule has 0 radical (unpaired) electrons. The van der Waals surface area contributed by atoms with Crippen molar-refractivity contribution in [1.29, 1.82) is 0 Å². The molecule has 6 nitrogen and oxygen atoms in total. The molecule has 21 heavy (non-hydrogen) atoms. The van der Waals surface area contributed by atoms with E-state index in [4.69, 9.17) is 0 Å². The maximum atomic E-state index is 11.4. The Hall–Kier alpha value is -1.43. The van der Waals surface area contributed by atoms with Crippen LogP contribution < -0.4 is 5.32 Å². The van der Waals surface area contributed by atoms with Crippen LogP contribution in [0.2, 0.25) is 0 Å². The highest BCUT2D eigenvalue weighted by atomic mass is 16.4. The molecule has 6 heteroatoms. The molecule has 1 heterocycles. The molecule has 0 aliphatic rings. The SMILES string of the molecule is CCCNC(C)(CCCn1nc(CC)nc1CC)C(=O)O. The molecule has 2 N–H and O–H groups in total. The maximum Gasteiger partial charge on any atom is 0.323 e. The van der Waals surface area contributed by atoms with E-state index in [-0.39, 0.29) is 0 Å². The van der Waals surface area contributed by atoms with Crippen LogP contribution in [-0.2, 0) is 24.2 Å². The molecule has 1 unspecified atom stereocenters. The van der Waals surface area contributed by atoms with Gasteiger partial charge >= 0.3 is 5.97 Å². The molecule has 120 valence electrons. The number of aliphatic carboxylic acids is 1. The molecule has 0 spiro atoms. The van der Waals surface area contributed by atoms with E-state index in [9.17, 15) is 9.90 Å². The van der Waals surface area contributed by atoms with Crippen LogP contribution in [0, 0.1) is 0 Å². The summed E-state index contributed by atoms with van der Waals surface area (Å²) in [6, 6.07) is 0. The summed E-state index contributed by atoms with van der Waals surface area (Å²) in [6.07, 6.45) is 3.93. The molecule has 0 saturated heterocycles. The minimum absolute atomic E-state index is 0.576. The maximum absolute atomic E-state index is 11.4. The molecule has 0 amide bonds. The van der Waals surface area contributed by atoms with Gasteiger partial charge < -0.3 is 10.4 Å². The van der Waals surface area contributed by atoms with E-state index < -0.39 is 11.5 Å². The summed E-state index contributed by atoms with van der Waals surface area (Å²) in [6.45, 7) is 9.31. The van der Waals surface area contributed by atoms with Crippen LogP contribution in [0.25, 0.3) is 0 Å². The summed E-state index contributed by atoms with van der Waals surface area (Å²) in [5, 5.41) is 17.0. The first-order chi connectivity index (χ1) is 9.96. The van der Waals surface area contributed by atoms with Crippen molar-refractivity contribution in [2.75, 3.05) is 6.54 Å². The van der Waals surface area contributed by atoms with Crippen molar-refractivity contribution >= 4 is 5.97 Å². The molecule has 1 rings (SSSR count). The van der Waals surface area contributed by atoms with Gasteiger partial charge in [0, 0.05) is 19.4 Å². The number of rotatable bonds is 10. The minimum atomic E-state index is -0.865. The summed E-state index contributed by atoms with van der Waals surface area (Å²) in [5.74, 6) is 1.04. The Bertz CT molecular complexity index is 459. The fourth-order valence-electron chi connectivity index (χ4n) is 2.27. The average molecular weight is 296 g/mol. The third-order valence-electron chi connectivity index (χ3n) is 3.71. The normalized spacial score (nSPS) is 14.1. The van der Waals surface area contributed by atoms with Crippen molar-refractivity contribution in [3.63, 3.8) is 0 Å². The van der Waals surface area contributed by atoms with Crippen molar-refractivity contribution in [2.45, 2.75) is 71.9 Å². The van der Waals surface area contributed by atoms with Gasteiger partial charge in [-0.2, -0.15) is 5.10 Å². The van der Waals surface area contributed by atoms with Crippen molar-refractivity contribution in [3.05, 3.63) is 11.6 Å². The third kappa shape index (κ3) is 4.81. The van der Waals surface area contributed by atoms with Crippen LogP contribution >= 0.6 is 0 Å². The predicted molar refractivity (Wildman–Crippen MR) is 82.3 cm³/mol. The Morgan fingerprint density at radius 2 is 2.05 bits per heavy atom. The first-order valence-corrected chi connectivity index (χ1v) is 7.87. The number of aryl methyl sites for hydroxylation is 3. The summed E-state index contributed by atoms with van der Waals surface area (Å²) in [5.41, 5.74) is -0.865. The zero-order chi connectivity index (χ0) is 15.9. The highest BCUT2D eigenvalue weighted by molar-refractivity contribution is 5.78. The van der Waals surface area contributed by atoms with Crippen LogP contribution in [-0.4, -0.2) is 37.9 Å². The van der Waals surface area contributed by atoms with Gasteiger partial charge in [-0.25, -0.2) is 9.67 Å². The van der Waals surface area contributed by atoms with Gasteiger partial charge in [-0.1, -0.05) is 20.8 Å². The fourth-order valence-corrected chi connectivity index (χ4v) is 2.27. The van der Waals surface area contributed by atoms with Gasteiger partial charge in [0.1, 0.15) is 11.4 Å². The molecule has 0 aromatic carbocycles. The number of carbonyl (C=O) groups is 1. The van der Waals surface area contributed by atoms with Gasteiger partial charge in [0.25, 0.3) is 0 Å². The smallest absolute Gasteiger partial charge is 0.323 e. The zero-order valence-corrected chi connectivity index (χ0v) is 13.6. The van der Waals surface area contributed by atoms with E-state index >= 15 is 0 Å². The van der Waals surface area contributed by atoms with Gasteiger partial charge in [-0.3, -0.25) is 4.79 Å². The van der Waals surface area contributed by atoms with E-state index in [2.05, 4.69) is 22.3 Å². The van der Waals surface area contributed by atoms with Gasteiger partial charge in [0.15, 0.2) is 5.82 Å². The number of nitrogens with one attached hydrogen (secondary N) is 1. The lowest BCUT2D eigenvalue weighted by Crippen LogP contribution is -2.49. The number of nitrogens with zero attached hydrogens (tertiary/aromatic N) is 3. The molecular formula is C15H28N4O2. The first-order valence-electron chi connectivity index (χ1n) is 7.87. The van der Waals surface area contributed by atoms with E-state index in [0.717, 1.165) is 37.3 Å².